The Balaban J connectivity index is 1.17. The van der Waals surface area contributed by atoms with Gasteiger partial charge in [-0.05, 0) is 135 Å². The van der Waals surface area contributed by atoms with Gasteiger partial charge in [0.05, 0.1) is 18.3 Å². The summed E-state index contributed by atoms with van der Waals surface area (Å²) >= 11 is 0. The molecule has 9 atom stereocenters. The van der Waals surface area contributed by atoms with Crippen molar-refractivity contribution in [2.75, 3.05) is 0 Å². The van der Waals surface area contributed by atoms with Crippen LogP contribution in [0.2, 0.25) is 0 Å². The van der Waals surface area contributed by atoms with Crippen LogP contribution < -0.4 is 14.2 Å². The van der Waals surface area contributed by atoms with Gasteiger partial charge in [0.25, 0.3) is 0 Å². The molecule has 14 rings (SSSR count). The summed E-state index contributed by atoms with van der Waals surface area (Å²) in [5.74, 6) is -6.61. The molecule has 10 N–H and O–H groups in total. The zero-order chi connectivity index (χ0) is 54.3. The fourth-order valence-electron chi connectivity index (χ4n) is 13.9. The van der Waals surface area contributed by atoms with E-state index < -0.39 is 59.6 Å². The zero-order valence-electron chi connectivity index (χ0n) is 41.6. The molecule has 392 valence electrons. The van der Waals surface area contributed by atoms with E-state index in [-0.39, 0.29) is 75.4 Å². The third kappa shape index (κ3) is 7.42. The fourth-order valence-corrected chi connectivity index (χ4v) is 13.9. The van der Waals surface area contributed by atoms with Crippen LogP contribution in [0.15, 0.2) is 164 Å². The number of phenolic OH excluding ortho intramolecular Hbond substituents is 10. The summed E-state index contributed by atoms with van der Waals surface area (Å²) in [6.45, 7) is 0. The van der Waals surface area contributed by atoms with Gasteiger partial charge in [0, 0.05) is 75.6 Å². The normalized spacial score (nSPS) is 22.8. The summed E-state index contributed by atoms with van der Waals surface area (Å²) in [6, 6.07) is 43.5. The van der Waals surface area contributed by atoms with Crippen LogP contribution in [0.3, 0.4) is 0 Å². The highest BCUT2D eigenvalue weighted by atomic mass is 16.5. The molecule has 0 saturated heterocycles. The van der Waals surface area contributed by atoms with Crippen molar-refractivity contribution < 1.29 is 70.1 Å². The lowest BCUT2D eigenvalue weighted by Crippen LogP contribution is -2.24. The van der Waals surface area contributed by atoms with Crippen molar-refractivity contribution in [2.24, 2.45) is 0 Å². The molecule has 5 aliphatic rings. The number of fused-ring (bicyclic) bond motifs is 6. The average molecular weight is 1050 g/mol. The number of carbonyl (C=O) groups excluding carboxylic acids is 1. The van der Waals surface area contributed by atoms with Gasteiger partial charge >= 0.3 is 5.97 Å². The SMILES string of the molecule is O=C1C[C@H](c2ccc(O)cc2)c2c(c3c4c5c2O[C@H](c2ccc(O)cc2)[C@H]5c2cc(O)cc(O)c2[C@H](c2ccc(O)cc2)[C@@H]4[C@@H](c2ccc(O)cc2)[C@@H]3c2cc(O)cc3c2[C@H](c2cc(O)cc(O)c2)[C@@H](c2ccc(O)cc2)O3)O1. The van der Waals surface area contributed by atoms with Crippen molar-refractivity contribution in [3.05, 3.63) is 242 Å². The summed E-state index contributed by atoms with van der Waals surface area (Å²) in [5, 5.41) is 113. The Morgan fingerprint density at radius 2 is 0.797 bits per heavy atom. The number of esters is 1. The van der Waals surface area contributed by atoms with Gasteiger partial charge in [-0.25, -0.2) is 0 Å². The average Bonchev–Trinajstić information content (AvgIpc) is 1.80. The molecule has 14 nitrogen and oxygen atoms in total. The lowest BCUT2D eigenvalue weighted by Gasteiger charge is -2.35. The number of aromatic hydroxyl groups is 10. The first kappa shape index (κ1) is 47.5. The third-order valence-corrected chi connectivity index (χ3v) is 16.8. The molecule has 9 aromatic rings. The minimum Gasteiger partial charge on any atom is -0.508 e. The molecule has 3 aliphatic heterocycles. The van der Waals surface area contributed by atoms with E-state index in [1.807, 2.05) is 12.1 Å². The molecular weight excluding hydrogens is 1000 g/mol. The third-order valence-electron chi connectivity index (χ3n) is 16.8. The lowest BCUT2D eigenvalue weighted by molar-refractivity contribution is -0.135. The Morgan fingerprint density at radius 1 is 0.329 bits per heavy atom. The maximum atomic E-state index is 14.7. The number of carbonyl (C=O) groups is 1. The van der Waals surface area contributed by atoms with Crippen LogP contribution in [-0.4, -0.2) is 57.0 Å². The molecule has 0 fully saturated rings. The number of phenols is 10. The highest BCUT2D eigenvalue weighted by Crippen LogP contribution is 2.74. The molecule has 0 bridgehead atoms. The van der Waals surface area contributed by atoms with Crippen molar-refractivity contribution in [3.8, 4) is 74.7 Å². The first-order valence-corrected chi connectivity index (χ1v) is 25.8. The van der Waals surface area contributed by atoms with Crippen molar-refractivity contribution in [3.63, 3.8) is 0 Å². The number of ether oxygens (including phenoxy) is 3. The monoisotopic (exact) mass is 1050 g/mol. The number of benzene rings is 9. The van der Waals surface area contributed by atoms with Crippen molar-refractivity contribution in [2.45, 2.75) is 60.1 Å². The van der Waals surface area contributed by atoms with E-state index in [0.29, 0.717) is 83.6 Å². The maximum absolute atomic E-state index is 14.7. The van der Waals surface area contributed by atoms with E-state index in [1.54, 1.807) is 109 Å². The van der Waals surface area contributed by atoms with Gasteiger partial charge in [0.1, 0.15) is 87.0 Å². The molecule has 0 radical (unpaired) electrons. The smallest absolute Gasteiger partial charge is 0.312 e. The van der Waals surface area contributed by atoms with Crippen LogP contribution >= 0.6 is 0 Å². The Bertz CT molecular complexity index is 3950. The minimum absolute atomic E-state index is 0.00691. The van der Waals surface area contributed by atoms with Crippen molar-refractivity contribution in [1.82, 2.24) is 0 Å². The molecular formula is C65H48O14. The van der Waals surface area contributed by atoms with Crippen LogP contribution in [0, 0.1) is 0 Å². The van der Waals surface area contributed by atoms with Crippen LogP contribution in [0.4, 0.5) is 0 Å². The van der Waals surface area contributed by atoms with E-state index in [9.17, 15) is 55.9 Å². The Hall–Kier alpha value is -9.95. The zero-order valence-corrected chi connectivity index (χ0v) is 41.6. The largest absolute Gasteiger partial charge is 0.508 e. The second-order valence-corrected chi connectivity index (χ2v) is 21.2. The summed E-state index contributed by atoms with van der Waals surface area (Å²) < 4.78 is 21.1. The molecule has 0 spiro atoms. The summed E-state index contributed by atoms with van der Waals surface area (Å²) in [7, 11) is 0. The molecule has 0 saturated carbocycles. The molecule has 9 aromatic carbocycles. The van der Waals surface area contributed by atoms with E-state index in [4.69, 9.17) is 14.2 Å². The molecule has 0 unspecified atom stereocenters. The highest BCUT2D eigenvalue weighted by molar-refractivity contribution is 5.85. The quantitative estimate of drug-likeness (QED) is 0.0527. The van der Waals surface area contributed by atoms with Crippen LogP contribution in [0.25, 0.3) is 0 Å². The summed E-state index contributed by atoms with van der Waals surface area (Å²) in [4.78, 5) is 14.7. The lowest BCUT2D eigenvalue weighted by atomic mass is 9.68. The van der Waals surface area contributed by atoms with Crippen LogP contribution in [0.1, 0.15) is 138 Å². The van der Waals surface area contributed by atoms with Gasteiger partial charge in [-0.1, -0.05) is 60.7 Å². The number of hydrogen-bond donors (Lipinski definition) is 10. The summed E-state index contributed by atoms with van der Waals surface area (Å²) in [5.41, 5.74) is 8.07. The van der Waals surface area contributed by atoms with Crippen LogP contribution in [-0.2, 0) is 4.79 Å². The van der Waals surface area contributed by atoms with Crippen LogP contribution in [0.5, 0.6) is 74.7 Å². The highest BCUT2D eigenvalue weighted by Gasteiger charge is 2.59. The van der Waals surface area contributed by atoms with Crippen molar-refractivity contribution in [1.29, 1.82) is 0 Å². The molecule has 3 heterocycles. The topological polar surface area (TPSA) is 247 Å². The Kier molecular flexibility index (Phi) is 10.5. The first-order chi connectivity index (χ1) is 38.2. The second kappa shape index (κ2) is 17.5. The van der Waals surface area contributed by atoms with Gasteiger partial charge in [-0.2, -0.15) is 0 Å². The first-order valence-electron chi connectivity index (χ1n) is 25.8. The standard InChI is InChI=1S/C65H48O14/c66-35-11-1-29(2-12-35)44-28-49(76)78-64-57(44)65-61-56(63(79-65)33-9-19-39(70)20-10-33)45-24-42(73)26-47(75)53(45)50(30-3-13-36(67)14-4-30)58-51(31-5-15-37(68)16-6-31)55(60(64)59(58)61)46-25-43(74)27-48-54(46)52(34-21-40(71)23-41(72)22-34)62(77-48)32-7-17-38(69)18-8-32/h1-27,44,50-52,55-56,58,62-63,66-75H,28H2/t44-,50+,51+,52+,55+,56+,58-,62-,63-/m1/s1. The van der Waals surface area contributed by atoms with Gasteiger partial charge in [0.15, 0.2) is 0 Å². The van der Waals surface area contributed by atoms with Gasteiger partial charge in [0.2, 0.25) is 0 Å². The van der Waals surface area contributed by atoms with Gasteiger partial charge in [-0.3, -0.25) is 4.79 Å². The van der Waals surface area contributed by atoms with E-state index in [2.05, 4.69) is 0 Å². The van der Waals surface area contributed by atoms with E-state index >= 15 is 0 Å². The van der Waals surface area contributed by atoms with E-state index in [0.717, 1.165) is 0 Å². The van der Waals surface area contributed by atoms with Crippen molar-refractivity contribution >= 4 is 5.97 Å². The fraction of sp³-hybridized carbons (Fsp3) is 0.154. The summed E-state index contributed by atoms with van der Waals surface area (Å²) in [6.07, 6.45) is -1.92. The predicted octanol–water partition coefficient (Wildman–Crippen LogP) is 11.9. The predicted molar refractivity (Wildman–Crippen MR) is 286 cm³/mol. The number of rotatable bonds is 7. The molecule has 0 aromatic heterocycles. The molecule has 0 amide bonds. The minimum atomic E-state index is -0.944. The van der Waals surface area contributed by atoms with Gasteiger partial charge in [-0.15, -0.1) is 0 Å². The van der Waals surface area contributed by atoms with E-state index in [1.165, 1.54) is 42.5 Å². The molecule has 79 heavy (non-hydrogen) atoms. The molecule has 2 aliphatic carbocycles. The Morgan fingerprint density at radius 3 is 1.37 bits per heavy atom. The van der Waals surface area contributed by atoms with Gasteiger partial charge < -0.3 is 65.3 Å². The Labute approximate surface area is 450 Å². The maximum Gasteiger partial charge on any atom is 0.312 e. The molecule has 14 heteroatoms. The number of hydrogen-bond acceptors (Lipinski definition) is 14. The second-order valence-electron chi connectivity index (χ2n) is 21.2.